The van der Waals surface area contributed by atoms with Gasteiger partial charge in [-0.05, 0) is 31.5 Å². The van der Waals surface area contributed by atoms with Crippen molar-refractivity contribution in [3.8, 4) is 0 Å². The number of hydrogen-bond donors (Lipinski definition) is 0. The number of alkyl halides is 1. The molecule has 5 heteroatoms. The molecular formula is C13H16ClF2NO. The van der Waals surface area contributed by atoms with Gasteiger partial charge in [0.05, 0.1) is 12.2 Å². The summed E-state index contributed by atoms with van der Waals surface area (Å²) in [6, 6.07) is 2.58. The molecule has 1 aromatic carbocycles. The second kappa shape index (κ2) is 5.41. The molecule has 0 amide bonds. The molecule has 0 bridgehead atoms. The highest BCUT2D eigenvalue weighted by Crippen LogP contribution is 2.28. The maximum atomic E-state index is 14.0. The summed E-state index contributed by atoms with van der Waals surface area (Å²) < 4.78 is 33.5. The molecule has 2 unspecified atom stereocenters. The van der Waals surface area contributed by atoms with Gasteiger partial charge in [0.1, 0.15) is 17.3 Å². The first-order valence-electron chi connectivity index (χ1n) is 5.95. The molecule has 1 aliphatic heterocycles. The fourth-order valence-electron chi connectivity index (χ4n) is 2.36. The van der Waals surface area contributed by atoms with Crippen molar-refractivity contribution in [2.24, 2.45) is 0 Å². The number of benzene rings is 1. The van der Waals surface area contributed by atoms with Crippen LogP contribution in [0.15, 0.2) is 12.1 Å². The van der Waals surface area contributed by atoms with Crippen molar-refractivity contribution in [1.82, 2.24) is 0 Å². The minimum atomic E-state index is -0.563. The highest BCUT2D eigenvalue weighted by molar-refractivity contribution is 6.17. The van der Waals surface area contributed by atoms with E-state index in [1.165, 1.54) is 12.1 Å². The molecule has 100 valence electrons. The van der Waals surface area contributed by atoms with Crippen LogP contribution >= 0.6 is 11.6 Å². The summed E-state index contributed by atoms with van der Waals surface area (Å²) >= 11 is 5.59. The lowest BCUT2D eigenvalue weighted by Crippen LogP contribution is -2.46. The van der Waals surface area contributed by atoms with Crippen LogP contribution in [0.25, 0.3) is 0 Å². The third-order valence-corrected chi connectivity index (χ3v) is 3.28. The minimum absolute atomic E-state index is 0.0193. The molecule has 1 heterocycles. The topological polar surface area (TPSA) is 12.5 Å². The highest BCUT2D eigenvalue weighted by Gasteiger charge is 2.26. The molecule has 1 aliphatic rings. The van der Waals surface area contributed by atoms with Crippen molar-refractivity contribution in [2.75, 3.05) is 18.0 Å². The van der Waals surface area contributed by atoms with Crippen LogP contribution in [0.1, 0.15) is 19.4 Å². The van der Waals surface area contributed by atoms with Gasteiger partial charge in [0.25, 0.3) is 0 Å². The van der Waals surface area contributed by atoms with Gasteiger partial charge >= 0.3 is 0 Å². The first-order chi connectivity index (χ1) is 8.51. The van der Waals surface area contributed by atoms with Crippen molar-refractivity contribution in [1.29, 1.82) is 0 Å². The summed E-state index contributed by atoms with van der Waals surface area (Å²) in [4.78, 5) is 1.70. The fraction of sp³-hybridized carbons (Fsp3) is 0.538. The van der Waals surface area contributed by atoms with Crippen LogP contribution in [0, 0.1) is 11.6 Å². The van der Waals surface area contributed by atoms with Crippen molar-refractivity contribution in [2.45, 2.75) is 31.9 Å². The SMILES string of the molecule is CC1CN(c2c(F)cc(CCl)cc2F)CC(C)O1. The monoisotopic (exact) mass is 275 g/mol. The van der Waals surface area contributed by atoms with E-state index in [0.29, 0.717) is 18.7 Å². The van der Waals surface area contributed by atoms with Crippen LogP contribution in [-0.2, 0) is 10.6 Å². The Morgan fingerprint density at radius 1 is 1.22 bits per heavy atom. The third kappa shape index (κ3) is 2.75. The second-order valence-electron chi connectivity index (χ2n) is 4.70. The van der Waals surface area contributed by atoms with Crippen molar-refractivity contribution in [3.63, 3.8) is 0 Å². The quantitative estimate of drug-likeness (QED) is 0.768. The Bertz CT molecular complexity index is 408. The fourth-order valence-corrected chi connectivity index (χ4v) is 2.51. The van der Waals surface area contributed by atoms with Gasteiger partial charge in [-0.3, -0.25) is 0 Å². The molecule has 0 spiro atoms. The van der Waals surface area contributed by atoms with E-state index in [2.05, 4.69) is 0 Å². The van der Waals surface area contributed by atoms with Gasteiger partial charge in [-0.25, -0.2) is 8.78 Å². The summed E-state index contributed by atoms with van der Waals surface area (Å²) in [7, 11) is 0. The number of halogens is 3. The lowest BCUT2D eigenvalue weighted by molar-refractivity contribution is -0.00558. The predicted octanol–water partition coefficient (Wildman–Crippen LogP) is 3.32. The van der Waals surface area contributed by atoms with Gasteiger partial charge in [-0.15, -0.1) is 11.6 Å². The van der Waals surface area contributed by atoms with Crippen LogP contribution in [-0.4, -0.2) is 25.3 Å². The lowest BCUT2D eigenvalue weighted by Gasteiger charge is -2.37. The molecule has 1 aromatic rings. The molecule has 1 fully saturated rings. The zero-order valence-corrected chi connectivity index (χ0v) is 11.2. The largest absolute Gasteiger partial charge is 0.372 e. The zero-order chi connectivity index (χ0) is 13.3. The Kier molecular flexibility index (Phi) is 4.07. The van der Waals surface area contributed by atoms with E-state index < -0.39 is 11.6 Å². The van der Waals surface area contributed by atoms with Gasteiger partial charge < -0.3 is 9.64 Å². The average molecular weight is 276 g/mol. The van der Waals surface area contributed by atoms with Crippen LogP contribution in [0.4, 0.5) is 14.5 Å². The predicted molar refractivity (Wildman–Crippen MR) is 68.1 cm³/mol. The first kappa shape index (κ1) is 13.6. The van der Waals surface area contributed by atoms with E-state index in [0.717, 1.165) is 0 Å². The Balaban J connectivity index is 2.32. The van der Waals surface area contributed by atoms with Crippen LogP contribution in [0.2, 0.25) is 0 Å². The molecule has 2 nitrogen and oxygen atoms in total. The molecule has 0 radical (unpaired) electrons. The van der Waals surface area contributed by atoms with E-state index in [9.17, 15) is 8.78 Å². The standard InChI is InChI=1S/C13H16ClF2NO/c1-8-6-17(7-9(2)18-8)13-11(15)3-10(5-14)4-12(13)16/h3-4,8-9H,5-7H2,1-2H3. The van der Waals surface area contributed by atoms with Crippen LogP contribution in [0.5, 0.6) is 0 Å². The molecule has 2 atom stereocenters. The van der Waals surface area contributed by atoms with Crippen LogP contribution < -0.4 is 4.90 Å². The first-order valence-corrected chi connectivity index (χ1v) is 6.49. The number of hydrogen-bond acceptors (Lipinski definition) is 2. The lowest BCUT2D eigenvalue weighted by atomic mass is 10.1. The Morgan fingerprint density at radius 3 is 2.17 bits per heavy atom. The normalized spacial score (nSPS) is 24.4. The number of nitrogens with zero attached hydrogens (tertiary/aromatic N) is 1. The van der Waals surface area contributed by atoms with E-state index in [4.69, 9.17) is 16.3 Å². The van der Waals surface area contributed by atoms with Crippen LogP contribution in [0.3, 0.4) is 0 Å². The number of rotatable bonds is 2. The summed E-state index contributed by atoms with van der Waals surface area (Å²) in [6.45, 7) is 4.76. The zero-order valence-electron chi connectivity index (χ0n) is 10.4. The molecule has 1 saturated heterocycles. The van der Waals surface area contributed by atoms with Gasteiger partial charge in [0.2, 0.25) is 0 Å². The molecular weight excluding hydrogens is 260 g/mol. The molecule has 0 aromatic heterocycles. The minimum Gasteiger partial charge on any atom is -0.372 e. The van der Waals surface area contributed by atoms with E-state index in [1.807, 2.05) is 13.8 Å². The second-order valence-corrected chi connectivity index (χ2v) is 4.97. The highest BCUT2D eigenvalue weighted by atomic mass is 35.5. The molecule has 2 rings (SSSR count). The molecule has 0 saturated carbocycles. The Morgan fingerprint density at radius 2 is 1.72 bits per heavy atom. The number of morpholine rings is 1. The maximum Gasteiger partial charge on any atom is 0.149 e. The Hall–Kier alpha value is -0.870. The third-order valence-electron chi connectivity index (χ3n) is 2.97. The van der Waals surface area contributed by atoms with Gasteiger partial charge in [-0.1, -0.05) is 0 Å². The van der Waals surface area contributed by atoms with Crippen molar-refractivity contribution in [3.05, 3.63) is 29.3 Å². The van der Waals surface area contributed by atoms with Gasteiger partial charge in [-0.2, -0.15) is 0 Å². The molecule has 0 aliphatic carbocycles. The number of anilines is 1. The van der Waals surface area contributed by atoms with Gasteiger partial charge in [0, 0.05) is 19.0 Å². The summed E-state index contributed by atoms with van der Waals surface area (Å²) in [5.74, 6) is -1.02. The summed E-state index contributed by atoms with van der Waals surface area (Å²) in [5.41, 5.74) is 0.468. The van der Waals surface area contributed by atoms with Crippen molar-refractivity contribution < 1.29 is 13.5 Å². The van der Waals surface area contributed by atoms with Gasteiger partial charge in [0.15, 0.2) is 0 Å². The summed E-state index contributed by atoms with van der Waals surface area (Å²) in [5, 5.41) is 0. The number of ether oxygens (including phenoxy) is 1. The molecule has 18 heavy (non-hydrogen) atoms. The van der Waals surface area contributed by atoms with E-state index in [-0.39, 0.29) is 23.8 Å². The Labute approximate surface area is 110 Å². The summed E-state index contributed by atoms with van der Waals surface area (Å²) in [6.07, 6.45) is -0.0829. The van der Waals surface area contributed by atoms with E-state index in [1.54, 1.807) is 4.90 Å². The van der Waals surface area contributed by atoms with Crippen molar-refractivity contribution >= 4 is 17.3 Å². The maximum absolute atomic E-state index is 14.0. The smallest absolute Gasteiger partial charge is 0.149 e. The molecule has 0 N–H and O–H groups in total. The van der Waals surface area contributed by atoms with E-state index >= 15 is 0 Å². The average Bonchev–Trinajstić information content (AvgIpc) is 2.26.